The van der Waals surface area contributed by atoms with E-state index in [1.54, 1.807) is 64.1 Å². The first-order chi connectivity index (χ1) is 26.7. The number of carbonyl (C=O) groups excluding carboxylic acids is 7. The first-order valence-corrected chi connectivity index (χ1v) is 19.3. The van der Waals surface area contributed by atoms with Crippen LogP contribution in [0, 0.1) is 15.4 Å². The van der Waals surface area contributed by atoms with E-state index in [1.165, 1.54) is 19.1 Å². The standard InChI is InChI=1S/C38H53IN8O10/c1-19(2)31(37(56)42-18-29(41)49)47-38(57)32(20(3)4)46-35(54)27(14-15-30(50)51)44-36(55)28(17-23-6-10-24(39)11-7-23)45-33(52)21(5)43-34(53)26(40)16-22-8-12-25(48)13-9-22/h6-13,19-21,26-28,31-32,48H,14-18,40H2,1-5H3,(H2,41,49)(H,42,56)(H,43,53)(H,44,55)(H,45,52)(H,46,54)(H,47,57)(H,50,51)/t21-,26+,27+,28+,31+,32+/m1/s1/i39+4. The predicted molar refractivity (Wildman–Crippen MR) is 217 cm³/mol. The van der Waals surface area contributed by atoms with Gasteiger partial charge in [-0.15, -0.1) is 0 Å². The largest absolute Gasteiger partial charge is 0.508 e. The quantitative estimate of drug-likeness (QED) is 0.0661. The van der Waals surface area contributed by atoms with E-state index in [2.05, 4.69) is 54.5 Å². The van der Waals surface area contributed by atoms with Gasteiger partial charge in [-0.2, -0.15) is 0 Å². The number of nitrogens with two attached hydrogens (primary N) is 2. The Labute approximate surface area is 344 Å². The lowest BCUT2D eigenvalue weighted by Crippen LogP contribution is -2.61. The molecule has 0 saturated heterocycles. The first kappa shape index (κ1) is 47.8. The number of benzene rings is 2. The van der Waals surface area contributed by atoms with Crippen LogP contribution in [0.3, 0.4) is 0 Å². The Hall–Kier alpha value is -5.31. The molecule has 2 rings (SSSR count). The Morgan fingerprint density at radius 2 is 1.12 bits per heavy atom. The number of halogens is 1. The predicted octanol–water partition coefficient (Wildman–Crippen LogP) is -0.668. The van der Waals surface area contributed by atoms with E-state index in [-0.39, 0.29) is 25.0 Å². The van der Waals surface area contributed by atoms with Gasteiger partial charge < -0.3 is 53.6 Å². The number of primary amides is 1. The SMILES string of the molecule is CC(C)[C@H](NC(=O)[C@H](CCC(=O)O)NC(=O)[C@H](Cc1ccc([131I])cc1)NC(=O)[C@@H](C)NC(=O)[C@@H](N)Cc1ccc(O)cc1)C(=O)N[C@H](C(=O)NCC(N)=O)C(C)C. The van der Waals surface area contributed by atoms with Gasteiger partial charge in [-0.05, 0) is 89.6 Å². The molecule has 0 radical (unpaired) electrons. The van der Waals surface area contributed by atoms with Crippen LogP contribution in [0.15, 0.2) is 48.5 Å². The van der Waals surface area contributed by atoms with Crippen LogP contribution < -0.4 is 43.4 Å². The number of rotatable bonds is 22. The third-order valence-electron chi connectivity index (χ3n) is 8.68. The number of carboxylic acids is 1. The van der Waals surface area contributed by atoms with Gasteiger partial charge in [-0.3, -0.25) is 38.4 Å². The number of carbonyl (C=O) groups is 8. The van der Waals surface area contributed by atoms with Gasteiger partial charge in [-0.25, -0.2) is 0 Å². The minimum absolute atomic E-state index is 0.0462. The highest BCUT2D eigenvalue weighted by molar-refractivity contribution is 14.1. The van der Waals surface area contributed by atoms with E-state index in [9.17, 15) is 48.6 Å². The minimum Gasteiger partial charge on any atom is -0.508 e. The molecule has 0 fully saturated rings. The second-order valence-corrected chi connectivity index (χ2v) is 15.5. The Morgan fingerprint density at radius 1 is 0.632 bits per heavy atom. The molecule has 12 N–H and O–H groups in total. The van der Waals surface area contributed by atoms with Crippen LogP contribution in [0.1, 0.15) is 58.6 Å². The van der Waals surface area contributed by atoms with Crippen molar-refractivity contribution >= 4 is 69.9 Å². The fourth-order valence-electron chi connectivity index (χ4n) is 5.39. The van der Waals surface area contributed by atoms with Crippen molar-refractivity contribution in [1.29, 1.82) is 0 Å². The van der Waals surface area contributed by atoms with Crippen LogP contribution in [0.25, 0.3) is 0 Å². The van der Waals surface area contributed by atoms with Gasteiger partial charge in [0.2, 0.25) is 41.4 Å². The zero-order valence-electron chi connectivity index (χ0n) is 32.5. The Bertz CT molecular complexity index is 1740. The normalized spacial score (nSPS) is 14.2. The van der Waals surface area contributed by atoms with Crippen LogP contribution in [-0.2, 0) is 51.2 Å². The lowest BCUT2D eigenvalue weighted by Gasteiger charge is -2.29. The molecule has 0 aliphatic rings. The van der Waals surface area contributed by atoms with Crippen molar-refractivity contribution < 1.29 is 48.6 Å². The van der Waals surface area contributed by atoms with E-state index >= 15 is 0 Å². The summed E-state index contributed by atoms with van der Waals surface area (Å²) in [6.45, 7) is 7.50. The second-order valence-electron chi connectivity index (χ2n) is 14.2. The number of aliphatic carboxylic acids is 1. The van der Waals surface area contributed by atoms with Crippen molar-refractivity contribution in [1.82, 2.24) is 31.9 Å². The molecule has 57 heavy (non-hydrogen) atoms. The topological polar surface area (TPSA) is 301 Å². The van der Waals surface area contributed by atoms with E-state index in [4.69, 9.17) is 11.5 Å². The third-order valence-corrected chi connectivity index (χ3v) is 9.40. The maximum absolute atomic E-state index is 13.9. The summed E-state index contributed by atoms with van der Waals surface area (Å²) in [5, 5.41) is 34.1. The molecule has 2 aromatic carbocycles. The fourth-order valence-corrected chi connectivity index (χ4v) is 5.75. The van der Waals surface area contributed by atoms with E-state index in [0.717, 1.165) is 3.57 Å². The smallest absolute Gasteiger partial charge is 0.303 e. The number of aromatic hydroxyl groups is 1. The molecule has 0 aromatic heterocycles. The van der Waals surface area contributed by atoms with Gasteiger partial charge >= 0.3 is 5.97 Å². The van der Waals surface area contributed by atoms with E-state index < -0.39 is 108 Å². The Morgan fingerprint density at radius 3 is 1.67 bits per heavy atom. The molecule has 6 atom stereocenters. The highest BCUT2D eigenvalue weighted by Gasteiger charge is 2.34. The van der Waals surface area contributed by atoms with Crippen LogP contribution in [0.4, 0.5) is 0 Å². The van der Waals surface area contributed by atoms with Crippen molar-refractivity contribution in [2.24, 2.45) is 23.3 Å². The summed E-state index contributed by atoms with van der Waals surface area (Å²) in [6, 6.07) is 5.78. The fraction of sp³-hybridized carbons (Fsp3) is 0.474. The monoisotopic (exact) mass is 912 g/mol. The molecular formula is C38H53IN8O10. The second kappa shape index (κ2) is 23.0. The van der Waals surface area contributed by atoms with Crippen molar-refractivity contribution in [3.8, 4) is 5.75 Å². The molecule has 18 nitrogen and oxygen atoms in total. The molecule has 2 aromatic rings. The number of amides is 7. The average Bonchev–Trinajstić information content (AvgIpc) is 3.14. The lowest BCUT2D eigenvalue weighted by molar-refractivity contribution is -0.139. The molecule has 0 aliphatic carbocycles. The first-order valence-electron chi connectivity index (χ1n) is 18.3. The number of hydrogen-bond acceptors (Lipinski definition) is 10. The zero-order valence-corrected chi connectivity index (χ0v) is 34.6. The molecular weight excluding hydrogens is 859 g/mol. The summed E-state index contributed by atoms with van der Waals surface area (Å²) in [5.41, 5.74) is 12.5. The molecule has 312 valence electrons. The average molecular weight is 913 g/mol. The number of phenolic OH excluding ortho intramolecular Hbond substituents is 1. The molecule has 0 saturated carbocycles. The summed E-state index contributed by atoms with van der Waals surface area (Å²) < 4.78 is 0.904. The minimum atomic E-state index is -1.49. The van der Waals surface area contributed by atoms with Crippen LogP contribution >= 0.6 is 22.6 Å². The number of hydrogen-bond donors (Lipinski definition) is 10. The van der Waals surface area contributed by atoms with Gasteiger partial charge in [0.15, 0.2) is 0 Å². The Balaban J connectivity index is 2.29. The molecule has 7 amide bonds. The summed E-state index contributed by atoms with van der Waals surface area (Å²) in [5.74, 6) is -7.59. The van der Waals surface area contributed by atoms with E-state index in [1.807, 2.05) is 0 Å². The van der Waals surface area contributed by atoms with Gasteiger partial charge in [0.05, 0.1) is 12.6 Å². The molecule has 0 aliphatic heterocycles. The van der Waals surface area contributed by atoms with Crippen LogP contribution in [0.2, 0.25) is 0 Å². The summed E-state index contributed by atoms with van der Waals surface area (Å²) in [6.07, 6.45) is -0.886. The van der Waals surface area contributed by atoms with Crippen LogP contribution in [-0.4, -0.2) is 100 Å². The zero-order chi connectivity index (χ0) is 43.0. The summed E-state index contributed by atoms with van der Waals surface area (Å²) in [4.78, 5) is 103. The van der Waals surface area contributed by atoms with Crippen molar-refractivity contribution in [3.63, 3.8) is 0 Å². The molecule has 19 heteroatoms. The maximum atomic E-state index is 13.9. The van der Waals surface area contributed by atoms with Gasteiger partial charge in [0, 0.05) is 16.4 Å². The van der Waals surface area contributed by atoms with Crippen molar-refractivity contribution in [2.45, 2.75) is 96.6 Å². The Kier molecular flexibility index (Phi) is 19.3. The number of nitrogens with one attached hydrogen (secondary N) is 6. The van der Waals surface area contributed by atoms with Crippen LogP contribution in [0.5, 0.6) is 5.75 Å². The lowest BCUT2D eigenvalue weighted by atomic mass is 9.99. The maximum Gasteiger partial charge on any atom is 0.303 e. The molecule has 0 spiro atoms. The molecule has 0 heterocycles. The van der Waals surface area contributed by atoms with Crippen molar-refractivity contribution in [2.75, 3.05) is 6.54 Å². The van der Waals surface area contributed by atoms with Gasteiger partial charge in [0.25, 0.3) is 0 Å². The van der Waals surface area contributed by atoms with Crippen molar-refractivity contribution in [3.05, 3.63) is 63.2 Å². The molecule has 0 bridgehead atoms. The summed E-state index contributed by atoms with van der Waals surface area (Å²) in [7, 11) is 0. The highest BCUT2D eigenvalue weighted by atomic mass is 131. The molecule has 0 unspecified atom stereocenters. The van der Waals surface area contributed by atoms with Gasteiger partial charge in [0.1, 0.15) is 36.0 Å². The summed E-state index contributed by atoms with van der Waals surface area (Å²) >= 11 is 2.10. The van der Waals surface area contributed by atoms with Gasteiger partial charge in [-0.1, -0.05) is 52.0 Å². The number of phenols is 1. The third kappa shape index (κ3) is 16.8. The number of carboxylic acid groups (broad SMARTS) is 1. The van der Waals surface area contributed by atoms with E-state index in [0.29, 0.717) is 11.1 Å². The highest BCUT2D eigenvalue weighted by Crippen LogP contribution is 2.13.